The minimum atomic E-state index is -6.88. The number of ether oxygens (including phenoxy) is 1. The second kappa shape index (κ2) is 6.53. The van der Waals surface area contributed by atoms with E-state index in [0.29, 0.717) is 0 Å². The maximum absolute atomic E-state index is 13.2. The summed E-state index contributed by atoms with van der Waals surface area (Å²) >= 11 is 0. The van der Waals surface area contributed by atoms with Crippen molar-refractivity contribution >= 4 is 5.97 Å². The Hall–Kier alpha value is -1.16. The van der Waals surface area contributed by atoms with Gasteiger partial charge in [-0.25, -0.2) is 13.2 Å². The molecule has 0 aromatic carbocycles. The van der Waals surface area contributed by atoms with E-state index in [4.69, 9.17) is 0 Å². The lowest BCUT2D eigenvalue weighted by Gasteiger charge is -2.36. The fourth-order valence-corrected chi connectivity index (χ4v) is 1.34. The Morgan fingerprint density at radius 3 is 1.68 bits per heavy atom. The molecule has 0 saturated carbocycles. The van der Waals surface area contributed by atoms with Gasteiger partial charge in [-0.3, -0.25) is 4.79 Å². The monoisotopic (exact) mass is 348 g/mol. The molecule has 0 spiro atoms. The number of hydrogen-bond acceptors (Lipinski definition) is 2. The van der Waals surface area contributed by atoms with Gasteiger partial charge in [-0.05, 0) is 6.42 Å². The Morgan fingerprint density at radius 2 is 1.36 bits per heavy atom. The fraction of sp³-hybridized carbons (Fsp3) is 0.909. The lowest BCUT2D eigenvalue weighted by atomic mass is 9.93. The number of alkyl halides is 9. The molecule has 0 saturated heterocycles. The highest BCUT2D eigenvalue weighted by Crippen LogP contribution is 2.55. The first-order valence-electron chi connectivity index (χ1n) is 5.98. The molecular weight excluding hydrogens is 335 g/mol. The van der Waals surface area contributed by atoms with Crippen LogP contribution in [0.1, 0.15) is 26.7 Å². The highest BCUT2D eigenvalue weighted by atomic mass is 19.4. The van der Waals surface area contributed by atoms with Crippen molar-refractivity contribution in [2.45, 2.75) is 50.6 Å². The largest absolute Gasteiger partial charge is 0.465 e. The van der Waals surface area contributed by atoms with Gasteiger partial charge in [-0.2, -0.15) is 26.3 Å². The summed E-state index contributed by atoms with van der Waals surface area (Å²) in [6, 6.07) is 0. The van der Waals surface area contributed by atoms with Crippen LogP contribution in [0.15, 0.2) is 0 Å². The predicted octanol–water partition coefficient (Wildman–Crippen LogP) is 4.43. The molecule has 0 amide bonds. The summed E-state index contributed by atoms with van der Waals surface area (Å²) in [4.78, 5) is 11.1. The lowest BCUT2D eigenvalue weighted by Crippen LogP contribution is -2.64. The molecule has 0 rings (SSSR count). The molecule has 22 heavy (non-hydrogen) atoms. The first-order chi connectivity index (χ1) is 9.62. The van der Waals surface area contributed by atoms with Gasteiger partial charge in [0.25, 0.3) is 0 Å². The van der Waals surface area contributed by atoms with Crippen molar-refractivity contribution < 1.29 is 49.0 Å². The van der Waals surface area contributed by atoms with Crippen molar-refractivity contribution in [1.29, 1.82) is 0 Å². The summed E-state index contributed by atoms with van der Waals surface area (Å²) in [6.07, 6.45) is -15.8. The molecule has 1 unspecified atom stereocenters. The minimum absolute atomic E-state index is 0.216. The fourth-order valence-electron chi connectivity index (χ4n) is 1.34. The predicted molar refractivity (Wildman–Crippen MR) is 55.9 cm³/mol. The Bertz CT molecular complexity index is 372. The molecule has 0 fully saturated rings. The zero-order chi connectivity index (χ0) is 18.0. The summed E-state index contributed by atoms with van der Waals surface area (Å²) in [5, 5.41) is 0. The molecule has 0 aliphatic rings. The zero-order valence-electron chi connectivity index (χ0n) is 11.4. The van der Waals surface area contributed by atoms with Crippen molar-refractivity contribution in [2.75, 3.05) is 6.61 Å². The standard InChI is InChI=1S/C11H13F9O2/c1-3-6(2)7(21)22-5-4-8(12,13)9(14,10(15,16)17)11(18,19)20/h6H,3-5H2,1-2H3. The van der Waals surface area contributed by atoms with Crippen LogP contribution in [-0.4, -0.2) is 36.5 Å². The molecule has 0 radical (unpaired) electrons. The van der Waals surface area contributed by atoms with E-state index in [-0.39, 0.29) is 6.42 Å². The van der Waals surface area contributed by atoms with Crippen LogP contribution in [0.25, 0.3) is 0 Å². The molecule has 0 heterocycles. The number of halogens is 9. The molecule has 11 heteroatoms. The van der Waals surface area contributed by atoms with Crippen LogP contribution < -0.4 is 0 Å². The molecule has 0 aliphatic carbocycles. The highest BCUT2D eigenvalue weighted by Gasteiger charge is 2.83. The quantitative estimate of drug-likeness (QED) is 0.524. The Balaban J connectivity index is 5.14. The Kier molecular flexibility index (Phi) is 6.19. The molecule has 132 valence electrons. The number of rotatable bonds is 6. The maximum atomic E-state index is 13.2. The zero-order valence-corrected chi connectivity index (χ0v) is 11.4. The number of carbonyl (C=O) groups excluding carboxylic acids is 1. The Morgan fingerprint density at radius 1 is 0.955 bits per heavy atom. The molecule has 0 aromatic rings. The van der Waals surface area contributed by atoms with Gasteiger partial charge in [0.1, 0.15) is 0 Å². The average Bonchev–Trinajstić information content (AvgIpc) is 2.33. The molecule has 2 nitrogen and oxygen atoms in total. The van der Waals surface area contributed by atoms with E-state index in [2.05, 4.69) is 4.74 Å². The minimum Gasteiger partial charge on any atom is -0.465 e. The summed E-state index contributed by atoms with van der Waals surface area (Å²) in [5.74, 6) is -7.71. The third-order valence-electron chi connectivity index (χ3n) is 2.96. The second-order valence-electron chi connectivity index (χ2n) is 4.59. The SMILES string of the molecule is CCC(C)C(=O)OCCC(F)(F)C(F)(C(F)(F)F)C(F)(F)F. The average molecular weight is 348 g/mol. The van der Waals surface area contributed by atoms with Crippen LogP contribution >= 0.6 is 0 Å². The highest BCUT2D eigenvalue weighted by molar-refractivity contribution is 5.71. The van der Waals surface area contributed by atoms with E-state index >= 15 is 0 Å². The van der Waals surface area contributed by atoms with Crippen LogP contribution in [0.4, 0.5) is 39.5 Å². The van der Waals surface area contributed by atoms with Crippen molar-refractivity contribution in [2.24, 2.45) is 5.92 Å². The van der Waals surface area contributed by atoms with Gasteiger partial charge in [0.15, 0.2) is 0 Å². The summed E-state index contributed by atoms with van der Waals surface area (Å²) in [7, 11) is 0. The van der Waals surface area contributed by atoms with E-state index < -0.39 is 48.9 Å². The van der Waals surface area contributed by atoms with E-state index in [1.807, 2.05) is 0 Å². The smallest absolute Gasteiger partial charge is 0.437 e. The van der Waals surface area contributed by atoms with Crippen LogP contribution in [-0.2, 0) is 9.53 Å². The van der Waals surface area contributed by atoms with E-state index in [0.717, 1.165) is 0 Å². The van der Waals surface area contributed by atoms with E-state index in [1.54, 1.807) is 0 Å². The van der Waals surface area contributed by atoms with Crippen molar-refractivity contribution in [3.8, 4) is 0 Å². The van der Waals surface area contributed by atoms with Crippen LogP contribution in [0.5, 0.6) is 0 Å². The van der Waals surface area contributed by atoms with Gasteiger partial charge in [0.2, 0.25) is 0 Å². The van der Waals surface area contributed by atoms with Crippen LogP contribution in [0.2, 0.25) is 0 Å². The van der Waals surface area contributed by atoms with Crippen LogP contribution in [0, 0.1) is 5.92 Å². The van der Waals surface area contributed by atoms with Crippen molar-refractivity contribution in [3.05, 3.63) is 0 Å². The van der Waals surface area contributed by atoms with Gasteiger partial charge in [0, 0.05) is 6.42 Å². The number of hydrogen-bond donors (Lipinski definition) is 0. The van der Waals surface area contributed by atoms with Gasteiger partial charge >= 0.3 is 29.9 Å². The van der Waals surface area contributed by atoms with Gasteiger partial charge in [-0.15, -0.1) is 0 Å². The maximum Gasteiger partial charge on any atom is 0.437 e. The lowest BCUT2D eigenvalue weighted by molar-refractivity contribution is -0.397. The normalized spacial score (nSPS) is 15.6. The first-order valence-corrected chi connectivity index (χ1v) is 5.98. The number of esters is 1. The first kappa shape index (κ1) is 20.8. The summed E-state index contributed by atoms with van der Waals surface area (Å²) < 4.78 is 117. The van der Waals surface area contributed by atoms with E-state index in [9.17, 15) is 44.3 Å². The Labute approximate surface area is 119 Å². The topological polar surface area (TPSA) is 26.3 Å². The molecule has 1 atom stereocenters. The molecule has 0 N–H and O–H groups in total. The molecule has 0 aliphatic heterocycles. The van der Waals surface area contributed by atoms with Crippen molar-refractivity contribution in [3.63, 3.8) is 0 Å². The van der Waals surface area contributed by atoms with Crippen molar-refractivity contribution in [1.82, 2.24) is 0 Å². The van der Waals surface area contributed by atoms with Gasteiger partial charge < -0.3 is 4.74 Å². The van der Waals surface area contributed by atoms with Gasteiger partial charge in [-0.1, -0.05) is 13.8 Å². The van der Waals surface area contributed by atoms with E-state index in [1.165, 1.54) is 13.8 Å². The molecule has 0 bridgehead atoms. The number of carbonyl (C=O) groups is 1. The molecule has 0 aromatic heterocycles. The third kappa shape index (κ3) is 3.97. The summed E-state index contributed by atoms with van der Waals surface area (Å²) in [5.41, 5.74) is -6.73. The second-order valence-corrected chi connectivity index (χ2v) is 4.59. The van der Waals surface area contributed by atoms with Gasteiger partial charge in [0.05, 0.1) is 12.5 Å². The molecular formula is C11H13F9O2. The van der Waals surface area contributed by atoms with Crippen LogP contribution in [0.3, 0.4) is 0 Å². The third-order valence-corrected chi connectivity index (χ3v) is 2.96. The summed E-state index contributed by atoms with van der Waals surface area (Å²) in [6.45, 7) is 1.35.